The molecule has 2 N–H and O–H groups in total. The van der Waals surface area contributed by atoms with Crippen molar-refractivity contribution >= 4 is 32.6 Å². The van der Waals surface area contributed by atoms with Gasteiger partial charge in [-0.1, -0.05) is 0 Å². The fourth-order valence-corrected chi connectivity index (χ4v) is 3.65. The summed E-state index contributed by atoms with van der Waals surface area (Å²) in [6, 6.07) is 0. The van der Waals surface area contributed by atoms with Crippen molar-refractivity contribution in [2.24, 2.45) is 5.14 Å². The molecule has 0 aliphatic heterocycles. The molecule has 0 atom stereocenters. The van der Waals surface area contributed by atoms with Gasteiger partial charge in [0, 0.05) is 6.20 Å². The summed E-state index contributed by atoms with van der Waals surface area (Å²) in [4.78, 5) is 3.19. The number of rotatable bonds is 2. The van der Waals surface area contributed by atoms with E-state index in [1.54, 1.807) is 0 Å². The lowest BCUT2D eigenvalue weighted by Gasteiger charge is -2.09. The fourth-order valence-electron chi connectivity index (χ4n) is 1.07. The molecule has 1 heterocycles. The zero-order valence-electron chi connectivity index (χ0n) is 7.54. The van der Waals surface area contributed by atoms with Crippen LogP contribution >= 0.6 is 22.6 Å². The maximum atomic E-state index is 12.4. The first kappa shape index (κ1) is 12.7. The Morgan fingerprint density at radius 1 is 1.53 bits per heavy atom. The number of sulfonamides is 1. The molecule has 15 heavy (non-hydrogen) atoms. The molecule has 4 nitrogen and oxygen atoms in total. The zero-order chi connectivity index (χ0) is 11.8. The van der Waals surface area contributed by atoms with E-state index < -0.39 is 22.1 Å². The minimum Gasteiger partial charge on any atom is -0.254 e. The molecular weight excluding hydrogens is 341 g/mol. The highest BCUT2D eigenvalue weighted by Gasteiger charge is 2.23. The van der Waals surface area contributed by atoms with Gasteiger partial charge in [-0.3, -0.25) is 4.98 Å². The van der Waals surface area contributed by atoms with E-state index in [2.05, 4.69) is 4.98 Å². The topological polar surface area (TPSA) is 73.0 Å². The van der Waals surface area contributed by atoms with Crippen molar-refractivity contribution in [1.29, 1.82) is 0 Å². The van der Waals surface area contributed by atoms with Gasteiger partial charge in [0.15, 0.2) is 0 Å². The van der Waals surface area contributed by atoms with Crippen molar-refractivity contribution < 1.29 is 17.2 Å². The number of hydrogen-bond donors (Lipinski definition) is 1. The number of nitrogens with zero attached hydrogens (tertiary/aromatic N) is 1. The van der Waals surface area contributed by atoms with Crippen LogP contribution in [0.25, 0.3) is 0 Å². The second-order valence-corrected chi connectivity index (χ2v) is 5.39. The number of alkyl halides is 2. The number of aryl methyl sites for hydroxylation is 1. The molecule has 0 spiro atoms. The summed E-state index contributed by atoms with van der Waals surface area (Å²) in [5.41, 5.74) is -0.309. The Balaban J connectivity index is 3.59. The van der Waals surface area contributed by atoms with Crippen LogP contribution in [0, 0.1) is 10.5 Å². The molecule has 1 rings (SSSR count). The van der Waals surface area contributed by atoms with E-state index in [-0.39, 0.29) is 14.0 Å². The summed E-state index contributed by atoms with van der Waals surface area (Å²) < 4.78 is 47.0. The predicted octanol–water partition coefficient (Wildman–Crippen LogP) is 1.58. The number of halogens is 3. The van der Waals surface area contributed by atoms with Crippen LogP contribution in [0.1, 0.15) is 17.7 Å². The lowest BCUT2D eigenvalue weighted by atomic mass is 10.3. The Labute approximate surface area is 99.1 Å². The van der Waals surface area contributed by atoms with Gasteiger partial charge in [0.05, 0.1) is 3.57 Å². The van der Waals surface area contributed by atoms with Gasteiger partial charge in [-0.05, 0) is 35.1 Å². The molecule has 0 radical (unpaired) electrons. The van der Waals surface area contributed by atoms with E-state index in [4.69, 9.17) is 5.14 Å². The number of aromatic nitrogens is 1. The fraction of sp³-hybridized carbons (Fsp3) is 0.286. The second kappa shape index (κ2) is 4.26. The van der Waals surface area contributed by atoms with E-state index in [0.717, 1.165) is 6.20 Å². The maximum Gasteiger partial charge on any atom is 0.281 e. The monoisotopic (exact) mass is 348 g/mol. The average Bonchev–Trinajstić information content (AvgIpc) is 2.00. The first-order valence-electron chi connectivity index (χ1n) is 3.71. The highest BCUT2D eigenvalue weighted by molar-refractivity contribution is 14.1. The van der Waals surface area contributed by atoms with Crippen LogP contribution in [0.15, 0.2) is 11.1 Å². The number of primary sulfonamides is 1. The Hall–Kier alpha value is -0.350. The summed E-state index contributed by atoms with van der Waals surface area (Å²) in [5, 5.41) is 4.92. The smallest absolute Gasteiger partial charge is 0.254 e. The SMILES string of the molecule is Cc1cnc(C(F)F)c(I)c1S(N)(=O)=O. The largest absolute Gasteiger partial charge is 0.281 e. The van der Waals surface area contributed by atoms with Crippen LogP contribution in [0.4, 0.5) is 8.78 Å². The zero-order valence-corrected chi connectivity index (χ0v) is 10.5. The lowest BCUT2D eigenvalue weighted by Crippen LogP contribution is -2.17. The van der Waals surface area contributed by atoms with Gasteiger partial charge in [0.25, 0.3) is 6.43 Å². The average molecular weight is 348 g/mol. The standard InChI is InChI=1S/C7H7F2IN2O2S/c1-3-2-12-5(7(8)9)4(10)6(3)15(11,13)14/h2,7H,1H3,(H2,11,13,14). The summed E-state index contributed by atoms with van der Waals surface area (Å²) in [6.45, 7) is 1.45. The molecule has 0 aliphatic rings. The van der Waals surface area contributed by atoms with E-state index >= 15 is 0 Å². The highest BCUT2D eigenvalue weighted by Crippen LogP contribution is 2.28. The van der Waals surface area contributed by atoms with Crippen molar-refractivity contribution in [2.45, 2.75) is 18.2 Å². The van der Waals surface area contributed by atoms with E-state index in [1.165, 1.54) is 29.5 Å². The van der Waals surface area contributed by atoms with Gasteiger partial charge in [-0.15, -0.1) is 0 Å². The Morgan fingerprint density at radius 3 is 2.47 bits per heavy atom. The quantitative estimate of drug-likeness (QED) is 0.825. The maximum absolute atomic E-state index is 12.4. The molecule has 1 aromatic heterocycles. The van der Waals surface area contributed by atoms with Gasteiger partial charge in [0.2, 0.25) is 10.0 Å². The molecule has 84 valence electrons. The van der Waals surface area contributed by atoms with Gasteiger partial charge >= 0.3 is 0 Å². The first-order chi connectivity index (χ1) is 6.75. The summed E-state index contributed by atoms with van der Waals surface area (Å²) in [7, 11) is -4.00. The molecular formula is C7H7F2IN2O2S. The van der Waals surface area contributed by atoms with Crippen LogP contribution in [0.2, 0.25) is 0 Å². The van der Waals surface area contributed by atoms with Crippen molar-refractivity contribution in [2.75, 3.05) is 0 Å². The molecule has 0 aromatic carbocycles. The molecule has 0 amide bonds. The van der Waals surface area contributed by atoms with Gasteiger partial charge in [-0.2, -0.15) is 0 Å². The van der Waals surface area contributed by atoms with Crippen molar-refractivity contribution in [3.63, 3.8) is 0 Å². The predicted molar refractivity (Wildman–Crippen MR) is 58.0 cm³/mol. The Morgan fingerprint density at radius 2 is 2.07 bits per heavy atom. The molecule has 0 bridgehead atoms. The lowest BCUT2D eigenvalue weighted by molar-refractivity contribution is 0.144. The van der Waals surface area contributed by atoms with E-state index in [0.29, 0.717) is 0 Å². The molecule has 8 heteroatoms. The number of hydrogen-bond acceptors (Lipinski definition) is 3. The van der Waals surface area contributed by atoms with Crippen LogP contribution in [-0.4, -0.2) is 13.4 Å². The van der Waals surface area contributed by atoms with Crippen molar-refractivity contribution in [3.05, 3.63) is 21.0 Å². The second-order valence-electron chi connectivity index (χ2n) is 2.82. The highest BCUT2D eigenvalue weighted by atomic mass is 127. The molecule has 0 saturated heterocycles. The molecule has 1 aromatic rings. The number of nitrogens with two attached hydrogens (primary N) is 1. The van der Waals surface area contributed by atoms with Crippen LogP contribution in [0.3, 0.4) is 0 Å². The van der Waals surface area contributed by atoms with Crippen molar-refractivity contribution in [3.8, 4) is 0 Å². The van der Waals surface area contributed by atoms with Crippen LogP contribution < -0.4 is 5.14 Å². The van der Waals surface area contributed by atoms with E-state index in [9.17, 15) is 17.2 Å². The van der Waals surface area contributed by atoms with Crippen molar-refractivity contribution in [1.82, 2.24) is 4.98 Å². The van der Waals surface area contributed by atoms with Gasteiger partial charge < -0.3 is 0 Å². The van der Waals surface area contributed by atoms with Gasteiger partial charge in [0.1, 0.15) is 10.6 Å². The summed E-state index contributed by atoms with van der Waals surface area (Å²) in [5.74, 6) is 0. The molecule has 0 unspecified atom stereocenters. The normalized spacial score (nSPS) is 12.1. The Kier molecular flexibility index (Phi) is 3.61. The number of pyridine rings is 1. The summed E-state index contributed by atoms with van der Waals surface area (Å²) in [6.07, 6.45) is -1.75. The molecule has 0 aliphatic carbocycles. The minimum atomic E-state index is -4.00. The van der Waals surface area contributed by atoms with Gasteiger partial charge in [-0.25, -0.2) is 22.3 Å². The third kappa shape index (κ3) is 2.61. The third-order valence-electron chi connectivity index (χ3n) is 1.67. The third-order valence-corrected chi connectivity index (χ3v) is 4.22. The van der Waals surface area contributed by atoms with Crippen LogP contribution in [0.5, 0.6) is 0 Å². The summed E-state index contributed by atoms with van der Waals surface area (Å²) >= 11 is 1.51. The van der Waals surface area contributed by atoms with E-state index in [1.807, 2.05) is 0 Å². The molecule has 0 fully saturated rings. The van der Waals surface area contributed by atoms with Crippen LogP contribution in [-0.2, 0) is 10.0 Å². The minimum absolute atomic E-state index is 0.120. The molecule has 0 saturated carbocycles. The Bertz CT molecular complexity index is 490. The first-order valence-corrected chi connectivity index (χ1v) is 6.33.